The summed E-state index contributed by atoms with van der Waals surface area (Å²) in [5.41, 5.74) is 6.71. The fraction of sp³-hybridized carbons (Fsp3) is 0.593. The van der Waals surface area contributed by atoms with E-state index in [9.17, 15) is 47.9 Å². The monoisotopic (exact) mass is 1750 g/mol. The summed E-state index contributed by atoms with van der Waals surface area (Å²) in [4.78, 5) is 126. The number of nitrogens with one attached hydrogen (secondary N) is 4. The highest BCUT2D eigenvalue weighted by Crippen LogP contribution is 2.34. The maximum absolute atomic E-state index is 13.1. The molecule has 0 spiro atoms. The van der Waals surface area contributed by atoms with Gasteiger partial charge in [0.05, 0.1) is 88.2 Å². The summed E-state index contributed by atoms with van der Waals surface area (Å²) in [6, 6.07) is 7.42. The molecule has 2 fully saturated rings. The average molecular weight is 1750 g/mol. The molecule has 0 aliphatic carbocycles. The van der Waals surface area contributed by atoms with E-state index in [1.807, 2.05) is 0 Å². The van der Waals surface area contributed by atoms with Gasteiger partial charge in [0, 0.05) is 255 Å². The number of imide groups is 4. The number of amides is 8. The molecule has 23 nitrogen and oxygen atoms in total. The van der Waals surface area contributed by atoms with Gasteiger partial charge in [-0.25, -0.2) is 0 Å². The molecule has 6 rings (SSSR count). The van der Waals surface area contributed by atoms with Gasteiger partial charge in [0.2, 0.25) is 23.6 Å². The van der Waals surface area contributed by atoms with Crippen molar-refractivity contribution in [2.45, 2.75) is 110 Å². The predicted molar refractivity (Wildman–Crippen MR) is 436 cm³/mol. The zero-order valence-electron chi connectivity index (χ0n) is 52.0. The molecule has 6 N–H and O–H groups in total. The third-order valence-electron chi connectivity index (χ3n) is 13.0. The second kappa shape index (κ2) is 57.6. The van der Waals surface area contributed by atoms with Crippen molar-refractivity contribution in [1.82, 2.24) is 20.4 Å². The summed E-state index contributed by atoms with van der Waals surface area (Å²) >= 11 is 9.52. The Labute approximate surface area is 634 Å². The van der Waals surface area contributed by atoms with Crippen LogP contribution in [0, 0.1) is 0 Å². The molecule has 0 saturated carbocycles. The molecular weight excluding hydrogens is 1680 g/mol. The Morgan fingerprint density at radius 3 is 1.09 bits per heavy atom. The molecule has 98 heavy (non-hydrogen) atoms. The van der Waals surface area contributed by atoms with E-state index in [-0.39, 0.29) is 80.0 Å². The summed E-state index contributed by atoms with van der Waals surface area (Å²) in [5, 5.41) is 10.3. The lowest BCUT2D eigenvalue weighted by atomic mass is 10.0. The van der Waals surface area contributed by atoms with Gasteiger partial charge in [-0.05, 0) is 82.2 Å². The Kier molecular flexibility index (Phi) is 53.2. The number of unbranched alkanes of at least 4 members (excludes halogenated alkanes) is 3. The number of piperidine rings is 2. The van der Waals surface area contributed by atoms with Crippen molar-refractivity contribution >= 4 is 261 Å². The number of fused-ring (bicyclic) bond motifs is 2. The molecule has 4 aliphatic rings. The van der Waals surface area contributed by atoms with Crippen LogP contribution in [0.1, 0.15) is 139 Å². The van der Waals surface area contributed by atoms with E-state index in [4.69, 9.17) is 56.5 Å². The number of rotatable bonds is 36. The van der Waals surface area contributed by atoms with Crippen LogP contribution in [0.15, 0.2) is 36.4 Å². The zero-order valence-corrected chi connectivity index (χ0v) is 69.1. The first-order valence-electron chi connectivity index (χ1n) is 29.6. The van der Waals surface area contributed by atoms with Crippen LogP contribution in [0.4, 0.5) is 11.4 Å². The van der Waals surface area contributed by atoms with Gasteiger partial charge in [0.25, 0.3) is 23.6 Å². The molecule has 550 valence electrons. The summed E-state index contributed by atoms with van der Waals surface area (Å²) in [7, 11) is 32.6. The Morgan fingerprint density at radius 1 is 0.459 bits per heavy atom. The smallest absolute Gasteiger partial charge is 0.264 e. The van der Waals surface area contributed by atoms with Crippen LogP contribution < -0.4 is 27.0 Å². The second-order valence-electron chi connectivity index (χ2n) is 19.5. The maximum Gasteiger partial charge on any atom is 0.264 e. The Morgan fingerprint density at radius 2 is 0.776 bits per heavy atom. The van der Waals surface area contributed by atoms with E-state index in [0.29, 0.717) is 116 Å². The van der Waals surface area contributed by atoms with Crippen molar-refractivity contribution in [2.24, 2.45) is 5.73 Å². The van der Waals surface area contributed by atoms with E-state index in [1.54, 1.807) is 175 Å². The highest BCUT2D eigenvalue weighted by atomic mass is 33.5. The van der Waals surface area contributed by atoms with Crippen molar-refractivity contribution in [2.75, 3.05) is 110 Å². The first kappa shape index (κ1) is 90.5. The summed E-state index contributed by atoms with van der Waals surface area (Å²) < 4.78 is 32.6. The molecule has 0 aromatic heterocycles. The second-order valence-corrected chi connectivity index (χ2v) is 53.1. The first-order chi connectivity index (χ1) is 47.3. The Balaban J connectivity index is 0.000000398. The van der Waals surface area contributed by atoms with Crippen LogP contribution in [-0.4, -0.2) is 180 Å². The number of Topliss-reactive ketones (excluding diaryl/α,β-unsaturated/α-hetero) is 2. The molecule has 2 atom stereocenters. The van der Waals surface area contributed by atoms with Crippen molar-refractivity contribution < 1.29 is 76.4 Å². The van der Waals surface area contributed by atoms with Crippen LogP contribution in [0.3, 0.4) is 0 Å². The van der Waals surface area contributed by atoms with Crippen LogP contribution in [0.2, 0.25) is 0 Å². The van der Waals surface area contributed by atoms with E-state index in [1.165, 1.54) is 29.9 Å². The molecule has 2 aromatic carbocycles. The van der Waals surface area contributed by atoms with Crippen LogP contribution >= 0.6 is 0 Å². The minimum atomic E-state index is -1.04. The van der Waals surface area contributed by atoms with Gasteiger partial charge in [0.15, 0.2) is 11.6 Å². The molecule has 4 heterocycles. The predicted octanol–water partition coefficient (Wildman–Crippen LogP) is 3.31. The molecule has 2 saturated heterocycles. The van der Waals surface area contributed by atoms with Gasteiger partial charge < -0.3 is 44.8 Å². The maximum atomic E-state index is 13.1. The first-order valence-corrected chi connectivity index (χ1v) is 56.2. The quantitative estimate of drug-likeness (QED) is 0.0483. The Hall–Kier alpha value is -1.72. The van der Waals surface area contributed by atoms with Gasteiger partial charge in [0.1, 0.15) is 12.1 Å². The summed E-state index contributed by atoms with van der Waals surface area (Å²) in [6.07, 6.45) is 6.76. The van der Waals surface area contributed by atoms with Crippen LogP contribution in [0.25, 0.3) is 0 Å². The number of nitrogens with zero attached hydrogens (tertiary/aromatic N) is 2. The number of ketones is 2. The standard InChI is InChI=1S/C27H37N3O8.C26H36N4O8.CH4.S21/c1-2-3-12-36-14-16-38-17-15-37-13-5-4-7-19(31)18-28-21-9-6-8-20-24(21)27(35)30(26(20)34)22-10-11-23(32)29-25(22)33;27-10-4-12-37-14-16-38-15-13-36-11-2-1-5-18(31)17-28-20-7-3-6-19-23(20)26(35)30(25(19)34)21-8-9-22(32)29-24(21)33;;1-3-5-7-9-11-13-15-17-19-21-20-18-16-14-12-10-8-6-4-2/h6,8-9,22,28H,2-5,7,10-18H2,1H3,(H,29,32,33);3,6-7,21,28H,1-2,4-5,8-17,27H2,(H,29,32,33);1H4;. The topological polar surface area (TPSA) is 307 Å². The molecular formula is C54H77N7O16S21. The van der Waals surface area contributed by atoms with Gasteiger partial charge in [-0.3, -0.25) is 68.4 Å². The van der Waals surface area contributed by atoms with Gasteiger partial charge >= 0.3 is 0 Å². The number of carbonyl (C=O) groups excluding carboxylic acids is 10. The summed E-state index contributed by atoms with van der Waals surface area (Å²) in [6.45, 7) is 9.32. The Bertz CT molecular complexity index is 3770. The van der Waals surface area contributed by atoms with Crippen molar-refractivity contribution in [3.8, 4) is 0 Å². The largest absolute Gasteiger partial charge is 0.379 e. The molecule has 8 amide bonds. The third kappa shape index (κ3) is 36.3. The lowest BCUT2D eigenvalue weighted by Gasteiger charge is -2.27. The molecule has 44 heteroatoms. The van der Waals surface area contributed by atoms with Crippen molar-refractivity contribution in [1.29, 1.82) is 0 Å². The van der Waals surface area contributed by atoms with Gasteiger partial charge in [-0.15, -0.1) is 0 Å². The van der Waals surface area contributed by atoms with Gasteiger partial charge in [-0.1, -0.05) is 32.9 Å². The van der Waals surface area contributed by atoms with Crippen molar-refractivity contribution in [3.05, 3.63) is 58.7 Å². The van der Waals surface area contributed by atoms with E-state index in [0.717, 1.165) is 48.5 Å². The van der Waals surface area contributed by atoms with Gasteiger partial charge in [-0.2, -0.15) is 0 Å². The number of nitrogens with two attached hydrogens (primary N) is 1. The minimum Gasteiger partial charge on any atom is -0.379 e. The SMILES string of the molecule is C.CCCCOCCOCCOCCCCC(=O)CNc1cccc2c1C(=O)N(C1CCC(=O)NC1=O)C2=O.NCCCOCCOCCOCCCCC(=O)CNc1cccc2c1C(=O)N(C1CCC(=O)NC1=O)C2=O.S=S=S=S=S=S=S=S=S=S=S=S=S=S=S=S=S=S=S=S=S. The lowest BCUT2D eigenvalue weighted by Crippen LogP contribution is -2.54. The van der Waals surface area contributed by atoms with E-state index >= 15 is 0 Å². The highest BCUT2D eigenvalue weighted by molar-refractivity contribution is 8.78. The number of benzene rings is 2. The highest BCUT2D eigenvalue weighted by Gasteiger charge is 2.47. The summed E-state index contributed by atoms with van der Waals surface area (Å²) in [5.74, 6) is -4.66. The normalized spacial score (nSPS) is 14.8. The molecule has 2 aromatic rings. The van der Waals surface area contributed by atoms with E-state index in [2.05, 4.69) is 28.2 Å². The molecule has 4 aliphatic heterocycles. The number of hydrogen-bond acceptors (Lipinski definition) is 21. The fourth-order valence-corrected chi connectivity index (χ4v) is 55.3. The van der Waals surface area contributed by atoms with Crippen LogP contribution in [0.5, 0.6) is 0 Å². The van der Waals surface area contributed by atoms with E-state index < -0.39 is 59.3 Å². The number of carbonyl (C=O) groups is 10. The fourth-order valence-electron chi connectivity index (χ4n) is 8.65. The van der Waals surface area contributed by atoms with Crippen molar-refractivity contribution in [3.63, 3.8) is 0 Å². The number of anilines is 2. The van der Waals surface area contributed by atoms with Crippen LogP contribution in [-0.2, 0) is 248 Å². The average Bonchev–Trinajstić information content (AvgIpc) is 1.61. The number of hydrogen-bond donors (Lipinski definition) is 5. The third-order valence-corrected chi connectivity index (χ3v) is 53.0. The molecule has 0 radical (unpaired) electrons. The number of ether oxygens (including phenoxy) is 6. The molecule has 0 bridgehead atoms. The lowest BCUT2D eigenvalue weighted by molar-refractivity contribution is -0.137. The minimum absolute atomic E-state index is 0. The molecule has 2 unspecified atom stereocenters. The zero-order chi connectivity index (χ0) is 70.1.